The minimum atomic E-state index is -1.10. The number of amides is 1. The average Bonchev–Trinajstić information content (AvgIpc) is 2.89. The summed E-state index contributed by atoms with van der Waals surface area (Å²) < 4.78 is 0. The number of carbonyl (C=O) groups excluding carboxylic acids is 1. The number of hydrogen-bond donors (Lipinski definition) is 4. The van der Waals surface area contributed by atoms with Crippen LogP contribution in [0.2, 0.25) is 0 Å². The van der Waals surface area contributed by atoms with E-state index in [4.69, 9.17) is 5.11 Å². The number of nitrogens with zero attached hydrogens (tertiary/aromatic N) is 1. The molecule has 0 atom stereocenters. The number of rotatable bonds is 3. The van der Waals surface area contributed by atoms with Gasteiger partial charge in [0, 0.05) is 0 Å². The first-order valence-corrected chi connectivity index (χ1v) is 7.03. The maximum atomic E-state index is 12.0. The molecule has 2 aromatic carbocycles. The van der Waals surface area contributed by atoms with Gasteiger partial charge in [-0.25, -0.2) is 9.79 Å². The number of carbonyl (C=O) groups is 2. The van der Waals surface area contributed by atoms with Crippen molar-refractivity contribution in [1.29, 1.82) is 0 Å². The van der Waals surface area contributed by atoms with Gasteiger partial charge in [-0.2, -0.15) is 0 Å². The second kappa shape index (κ2) is 6.25. The molecule has 1 saturated heterocycles. The van der Waals surface area contributed by atoms with Gasteiger partial charge in [0.1, 0.15) is 11.4 Å². The summed E-state index contributed by atoms with van der Waals surface area (Å²) in [5.74, 6) is -1.19. The van der Waals surface area contributed by atoms with E-state index in [1.54, 1.807) is 36.4 Å². The molecule has 1 aliphatic heterocycles. The van der Waals surface area contributed by atoms with Gasteiger partial charge in [0.15, 0.2) is 0 Å². The molecule has 3 rings (SSSR count). The lowest BCUT2D eigenvalue weighted by Crippen LogP contribution is -2.24. The highest BCUT2D eigenvalue weighted by molar-refractivity contribution is 6.16. The summed E-state index contributed by atoms with van der Waals surface area (Å²) in [4.78, 5) is 27.3. The zero-order chi connectivity index (χ0) is 17.1. The summed E-state index contributed by atoms with van der Waals surface area (Å²) >= 11 is 0. The molecule has 1 aliphatic rings. The fraction of sp³-hybridized carbons (Fsp3) is 0. The van der Waals surface area contributed by atoms with Crippen LogP contribution in [-0.4, -0.2) is 28.0 Å². The molecule has 2 aromatic rings. The van der Waals surface area contributed by atoms with Gasteiger partial charge in [-0.3, -0.25) is 10.1 Å². The molecule has 1 heterocycles. The van der Waals surface area contributed by atoms with E-state index in [1.807, 2.05) is 0 Å². The quantitative estimate of drug-likeness (QED) is 0.644. The number of aliphatic imine (C=N–C) groups is 1. The minimum absolute atomic E-state index is 0.0389. The maximum Gasteiger partial charge on any atom is 0.337 e. The molecule has 120 valence electrons. The first-order valence-electron chi connectivity index (χ1n) is 7.03. The fourth-order valence-corrected chi connectivity index (χ4v) is 2.16. The standard InChI is InChI=1S/C17H13N3O4/c21-11-7-5-10(6-8-11)9-14-15(22)20-17(19-14)18-13-4-2-1-3-12(13)16(23)24/h1-9,21H,(H,23,24)(H2,18,19,20,22)/b14-9-. The molecular formula is C17H13N3O4. The number of phenols is 1. The number of para-hydroxylation sites is 1. The normalized spacial score (nSPS) is 16.9. The molecule has 0 aromatic heterocycles. The van der Waals surface area contributed by atoms with E-state index in [0.717, 1.165) is 5.56 Å². The summed E-state index contributed by atoms with van der Waals surface area (Å²) in [6.07, 6.45) is 1.60. The predicted octanol–water partition coefficient (Wildman–Crippen LogP) is 1.84. The molecule has 0 aliphatic carbocycles. The number of hydrogen-bond acceptors (Lipinski definition) is 4. The van der Waals surface area contributed by atoms with E-state index in [1.165, 1.54) is 18.2 Å². The van der Waals surface area contributed by atoms with Crippen LogP contribution >= 0.6 is 0 Å². The van der Waals surface area contributed by atoms with Crippen LogP contribution in [0.1, 0.15) is 15.9 Å². The van der Waals surface area contributed by atoms with E-state index in [9.17, 15) is 14.7 Å². The van der Waals surface area contributed by atoms with Crippen LogP contribution in [-0.2, 0) is 4.79 Å². The molecule has 7 heteroatoms. The van der Waals surface area contributed by atoms with E-state index in [2.05, 4.69) is 15.6 Å². The zero-order valence-corrected chi connectivity index (χ0v) is 12.4. The lowest BCUT2D eigenvalue weighted by atomic mass is 10.2. The Balaban J connectivity index is 1.87. The highest BCUT2D eigenvalue weighted by atomic mass is 16.4. The third-order valence-corrected chi connectivity index (χ3v) is 3.30. The van der Waals surface area contributed by atoms with E-state index in [0.29, 0.717) is 0 Å². The van der Waals surface area contributed by atoms with Crippen LogP contribution in [0.15, 0.2) is 59.2 Å². The van der Waals surface area contributed by atoms with Crippen molar-refractivity contribution in [3.05, 3.63) is 65.4 Å². The van der Waals surface area contributed by atoms with Gasteiger partial charge in [-0.1, -0.05) is 24.3 Å². The molecule has 4 N–H and O–H groups in total. The van der Waals surface area contributed by atoms with Gasteiger partial charge in [0.2, 0.25) is 5.96 Å². The number of carboxylic acids is 1. The Morgan fingerprint density at radius 2 is 1.75 bits per heavy atom. The number of nitrogens with one attached hydrogen (secondary N) is 2. The van der Waals surface area contributed by atoms with Crippen molar-refractivity contribution in [3.63, 3.8) is 0 Å². The van der Waals surface area contributed by atoms with E-state index >= 15 is 0 Å². The third kappa shape index (κ3) is 3.25. The number of aromatic hydroxyl groups is 1. The number of guanidine groups is 1. The number of phenolic OH excluding ortho intramolecular Hbond substituents is 1. The van der Waals surface area contributed by atoms with Crippen molar-refractivity contribution in [2.24, 2.45) is 4.99 Å². The lowest BCUT2D eigenvalue weighted by Gasteiger charge is -2.02. The Bertz CT molecular complexity index is 870. The highest BCUT2D eigenvalue weighted by Gasteiger charge is 2.22. The Hall–Kier alpha value is -3.61. The van der Waals surface area contributed by atoms with Gasteiger partial charge in [-0.05, 0) is 35.9 Å². The van der Waals surface area contributed by atoms with Crippen LogP contribution in [0.25, 0.3) is 6.08 Å². The number of carboxylic acid groups (broad SMARTS) is 1. The van der Waals surface area contributed by atoms with Crippen molar-refractivity contribution in [2.45, 2.75) is 0 Å². The Morgan fingerprint density at radius 3 is 2.46 bits per heavy atom. The second-order valence-electron chi connectivity index (χ2n) is 5.01. The molecule has 0 saturated carbocycles. The van der Waals surface area contributed by atoms with Crippen molar-refractivity contribution >= 4 is 29.6 Å². The topological polar surface area (TPSA) is 111 Å². The van der Waals surface area contributed by atoms with Crippen LogP contribution in [0.3, 0.4) is 0 Å². The fourth-order valence-electron chi connectivity index (χ4n) is 2.16. The summed E-state index contributed by atoms with van der Waals surface area (Å²) in [5.41, 5.74) is 1.26. The lowest BCUT2D eigenvalue weighted by molar-refractivity contribution is -0.115. The van der Waals surface area contributed by atoms with Gasteiger partial charge >= 0.3 is 5.97 Å². The second-order valence-corrected chi connectivity index (χ2v) is 5.01. The van der Waals surface area contributed by atoms with Gasteiger partial charge in [-0.15, -0.1) is 0 Å². The molecule has 0 spiro atoms. The van der Waals surface area contributed by atoms with Gasteiger partial charge in [0.25, 0.3) is 5.91 Å². The Kier molecular flexibility index (Phi) is 3.98. The summed E-state index contributed by atoms with van der Waals surface area (Å²) in [6.45, 7) is 0. The number of benzene rings is 2. The molecule has 1 amide bonds. The Labute approximate surface area is 137 Å². The Morgan fingerprint density at radius 1 is 1.04 bits per heavy atom. The first kappa shape index (κ1) is 15.3. The largest absolute Gasteiger partial charge is 0.508 e. The molecule has 0 bridgehead atoms. The third-order valence-electron chi connectivity index (χ3n) is 3.30. The molecule has 0 unspecified atom stereocenters. The summed E-state index contributed by atoms with van der Waals surface area (Å²) in [6, 6.07) is 12.6. The summed E-state index contributed by atoms with van der Waals surface area (Å²) in [7, 11) is 0. The molecule has 7 nitrogen and oxygen atoms in total. The molecular weight excluding hydrogens is 310 g/mol. The van der Waals surface area contributed by atoms with Crippen molar-refractivity contribution in [3.8, 4) is 5.75 Å². The van der Waals surface area contributed by atoms with Crippen LogP contribution in [0.4, 0.5) is 5.69 Å². The van der Waals surface area contributed by atoms with Crippen LogP contribution in [0, 0.1) is 0 Å². The maximum absolute atomic E-state index is 12.0. The van der Waals surface area contributed by atoms with Crippen LogP contribution in [0.5, 0.6) is 5.75 Å². The van der Waals surface area contributed by atoms with Gasteiger partial charge < -0.3 is 15.5 Å². The molecule has 0 radical (unpaired) electrons. The van der Waals surface area contributed by atoms with Gasteiger partial charge in [0.05, 0.1) is 11.3 Å². The number of aromatic carboxylic acids is 1. The van der Waals surface area contributed by atoms with E-state index in [-0.39, 0.29) is 34.6 Å². The van der Waals surface area contributed by atoms with Crippen molar-refractivity contribution < 1.29 is 19.8 Å². The van der Waals surface area contributed by atoms with E-state index < -0.39 is 5.97 Å². The smallest absolute Gasteiger partial charge is 0.337 e. The zero-order valence-electron chi connectivity index (χ0n) is 12.4. The summed E-state index contributed by atoms with van der Waals surface area (Å²) in [5, 5.41) is 23.8. The average molecular weight is 323 g/mol. The van der Waals surface area contributed by atoms with Crippen molar-refractivity contribution in [2.75, 3.05) is 0 Å². The minimum Gasteiger partial charge on any atom is -0.508 e. The SMILES string of the molecule is O=C1NC(=Nc2ccccc2C(=O)O)N/C1=C\c1ccc(O)cc1. The van der Waals surface area contributed by atoms with Crippen LogP contribution < -0.4 is 10.6 Å². The molecule has 1 fully saturated rings. The monoisotopic (exact) mass is 323 g/mol. The first-order chi connectivity index (χ1) is 11.5. The molecule has 24 heavy (non-hydrogen) atoms. The highest BCUT2D eigenvalue weighted by Crippen LogP contribution is 2.19. The predicted molar refractivity (Wildman–Crippen MR) is 87.9 cm³/mol. The van der Waals surface area contributed by atoms with Crippen molar-refractivity contribution in [1.82, 2.24) is 10.6 Å².